The van der Waals surface area contributed by atoms with Crippen LogP contribution >= 0.6 is 23.7 Å². The van der Waals surface area contributed by atoms with Gasteiger partial charge >= 0.3 is 0 Å². The van der Waals surface area contributed by atoms with Gasteiger partial charge in [-0.25, -0.2) is 8.42 Å². The summed E-state index contributed by atoms with van der Waals surface area (Å²) in [5, 5.41) is 4.54. The fraction of sp³-hybridized carbons (Fsp3) is 0.615. The van der Waals surface area contributed by atoms with E-state index in [9.17, 15) is 13.2 Å². The van der Waals surface area contributed by atoms with Gasteiger partial charge in [0.1, 0.15) is 4.21 Å². The summed E-state index contributed by atoms with van der Waals surface area (Å²) in [4.78, 5) is 11.5. The van der Waals surface area contributed by atoms with E-state index in [4.69, 9.17) is 5.73 Å². The minimum atomic E-state index is -3.45. The Hall–Kier alpha value is -0.670. The zero-order chi connectivity index (χ0) is 15.3. The van der Waals surface area contributed by atoms with Crippen molar-refractivity contribution in [3.8, 4) is 0 Å². The molecule has 1 saturated heterocycles. The second kappa shape index (κ2) is 8.83. The van der Waals surface area contributed by atoms with E-state index in [-0.39, 0.29) is 30.8 Å². The number of sulfonamides is 1. The number of piperidine rings is 1. The lowest BCUT2D eigenvalue weighted by atomic mass is 10.1. The van der Waals surface area contributed by atoms with Gasteiger partial charge in [-0.05, 0) is 24.3 Å². The van der Waals surface area contributed by atoms with Crippen molar-refractivity contribution in [2.75, 3.05) is 19.6 Å². The van der Waals surface area contributed by atoms with E-state index in [0.29, 0.717) is 23.8 Å². The van der Waals surface area contributed by atoms with Crippen molar-refractivity contribution < 1.29 is 13.2 Å². The Kier molecular flexibility index (Phi) is 7.78. The van der Waals surface area contributed by atoms with Crippen molar-refractivity contribution in [3.05, 3.63) is 17.5 Å². The number of rotatable bonds is 6. The van der Waals surface area contributed by atoms with Crippen LogP contribution in [0.2, 0.25) is 0 Å². The standard InChI is InChI=1S/C13H21N3O3S2.ClH/c14-7-6-12(17)15-10-11-4-1-2-8-16(11)21(18,19)13-5-3-9-20-13;/h3,5,9,11H,1-2,4,6-8,10,14H2,(H,15,17);1H. The molecule has 0 saturated carbocycles. The maximum atomic E-state index is 12.6. The second-order valence-electron chi connectivity index (χ2n) is 5.04. The van der Waals surface area contributed by atoms with Crippen LogP contribution < -0.4 is 11.1 Å². The first-order valence-electron chi connectivity index (χ1n) is 7.08. The molecule has 6 nitrogen and oxygen atoms in total. The molecule has 1 aromatic heterocycles. The highest BCUT2D eigenvalue weighted by atomic mass is 35.5. The molecule has 0 bridgehead atoms. The average molecular weight is 368 g/mol. The van der Waals surface area contributed by atoms with Gasteiger partial charge in [0.25, 0.3) is 10.0 Å². The van der Waals surface area contributed by atoms with E-state index < -0.39 is 10.0 Å². The minimum Gasteiger partial charge on any atom is -0.354 e. The third kappa shape index (κ3) is 4.66. The molecular weight excluding hydrogens is 346 g/mol. The smallest absolute Gasteiger partial charge is 0.252 e. The number of thiophene rings is 1. The van der Waals surface area contributed by atoms with Crippen LogP contribution in [0.1, 0.15) is 25.7 Å². The van der Waals surface area contributed by atoms with Crippen molar-refractivity contribution in [2.45, 2.75) is 35.9 Å². The first kappa shape index (κ1) is 19.4. The van der Waals surface area contributed by atoms with E-state index in [1.165, 1.54) is 15.6 Å². The molecule has 1 unspecified atom stereocenters. The zero-order valence-electron chi connectivity index (χ0n) is 12.2. The van der Waals surface area contributed by atoms with Gasteiger partial charge in [0.2, 0.25) is 5.91 Å². The first-order chi connectivity index (χ1) is 10.1. The molecule has 0 radical (unpaired) electrons. The topological polar surface area (TPSA) is 92.5 Å². The Morgan fingerprint density at radius 1 is 1.45 bits per heavy atom. The van der Waals surface area contributed by atoms with Gasteiger partial charge in [-0.2, -0.15) is 4.31 Å². The Morgan fingerprint density at radius 2 is 2.23 bits per heavy atom. The van der Waals surface area contributed by atoms with E-state index >= 15 is 0 Å². The van der Waals surface area contributed by atoms with Crippen LogP contribution in [0.3, 0.4) is 0 Å². The van der Waals surface area contributed by atoms with Crippen molar-refractivity contribution >= 4 is 39.7 Å². The molecule has 0 spiro atoms. The van der Waals surface area contributed by atoms with Gasteiger partial charge in [-0.3, -0.25) is 4.79 Å². The van der Waals surface area contributed by atoms with E-state index in [1.54, 1.807) is 17.5 Å². The summed E-state index contributed by atoms with van der Waals surface area (Å²) in [6.45, 7) is 1.16. The number of hydrogen-bond acceptors (Lipinski definition) is 5. The van der Waals surface area contributed by atoms with Gasteiger partial charge in [0.05, 0.1) is 0 Å². The van der Waals surface area contributed by atoms with Gasteiger partial charge in [0, 0.05) is 32.1 Å². The fourth-order valence-electron chi connectivity index (χ4n) is 2.47. The van der Waals surface area contributed by atoms with Crippen molar-refractivity contribution in [1.82, 2.24) is 9.62 Å². The Bertz CT molecular complexity index is 563. The molecule has 1 aromatic rings. The SMILES string of the molecule is Cl.NCCC(=O)NCC1CCCCN1S(=O)(=O)c1cccs1. The lowest BCUT2D eigenvalue weighted by Gasteiger charge is -2.34. The summed E-state index contributed by atoms with van der Waals surface area (Å²) in [6.07, 6.45) is 2.88. The van der Waals surface area contributed by atoms with Gasteiger partial charge in [-0.1, -0.05) is 12.5 Å². The number of carbonyl (C=O) groups excluding carboxylic acids is 1. The maximum Gasteiger partial charge on any atom is 0.252 e. The fourth-order valence-corrected chi connectivity index (χ4v) is 5.28. The van der Waals surface area contributed by atoms with E-state index in [1.807, 2.05) is 0 Å². The number of carbonyl (C=O) groups is 1. The number of hydrogen-bond donors (Lipinski definition) is 2. The molecular formula is C13H22ClN3O3S2. The third-order valence-corrected chi connectivity index (χ3v) is 6.86. The Balaban J connectivity index is 0.00000242. The summed E-state index contributed by atoms with van der Waals surface area (Å²) in [5.41, 5.74) is 5.33. The normalized spacial score (nSPS) is 19.4. The lowest BCUT2D eigenvalue weighted by Crippen LogP contribution is -2.49. The molecule has 3 N–H and O–H groups in total. The minimum absolute atomic E-state index is 0. The van der Waals surface area contributed by atoms with Crippen LogP contribution in [-0.4, -0.2) is 44.3 Å². The molecule has 0 aromatic carbocycles. The third-order valence-electron chi connectivity index (χ3n) is 3.54. The summed E-state index contributed by atoms with van der Waals surface area (Å²) in [7, 11) is -3.45. The summed E-state index contributed by atoms with van der Waals surface area (Å²) in [6, 6.07) is 3.19. The molecule has 0 aliphatic carbocycles. The molecule has 2 heterocycles. The van der Waals surface area contributed by atoms with Crippen molar-refractivity contribution in [3.63, 3.8) is 0 Å². The van der Waals surface area contributed by atoms with Crippen molar-refractivity contribution in [2.24, 2.45) is 5.73 Å². The van der Waals surface area contributed by atoms with E-state index in [2.05, 4.69) is 5.32 Å². The molecule has 1 atom stereocenters. The summed E-state index contributed by atoms with van der Waals surface area (Å²) < 4.78 is 27.2. The monoisotopic (exact) mass is 367 g/mol. The molecule has 2 rings (SSSR count). The Morgan fingerprint density at radius 3 is 2.86 bits per heavy atom. The first-order valence-corrected chi connectivity index (χ1v) is 9.40. The largest absolute Gasteiger partial charge is 0.354 e. The zero-order valence-corrected chi connectivity index (χ0v) is 14.7. The Labute approximate surface area is 141 Å². The molecule has 1 aliphatic rings. The average Bonchev–Trinajstić information content (AvgIpc) is 3.01. The van der Waals surface area contributed by atoms with Crippen LogP contribution in [0.5, 0.6) is 0 Å². The van der Waals surface area contributed by atoms with Gasteiger partial charge < -0.3 is 11.1 Å². The lowest BCUT2D eigenvalue weighted by molar-refractivity contribution is -0.121. The molecule has 126 valence electrons. The van der Waals surface area contributed by atoms with Crippen LogP contribution in [0.15, 0.2) is 21.7 Å². The predicted molar refractivity (Wildman–Crippen MR) is 89.8 cm³/mol. The predicted octanol–water partition coefficient (Wildman–Crippen LogP) is 1.18. The maximum absolute atomic E-state index is 12.6. The highest BCUT2D eigenvalue weighted by Crippen LogP contribution is 2.27. The van der Waals surface area contributed by atoms with Crippen LogP contribution in [0.4, 0.5) is 0 Å². The summed E-state index contributed by atoms with van der Waals surface area (Å²) >= 11 is 1.22. The van der Waals surface area contributed by atoms with Crippen LogP contribution in [0, 0.1) is 0 Å². The number of nitrogens with zero attached hydrogens (tertiary/aromatic N) is 1. The number of halogens is 1. The number of amides is 1. The highest BCUT2D eigenvalue weighted by molar-refractivity contribution is 7.91. The van der Waals surface area contributed by atoms with Crippen molar-refractivity contribution in [1.29, 1.82) is 0 Å². The van der Waals surface area contributed by atoms with Crippen LogP contribution in [0.25, 0.3) is 0 Å². The van der Waals surface area contributed by atoms with Gasteiger partial charge in [-0.15, -0.1) is 23.7 Å². The second-order valence-corrected chi connectivity index (χ2v) is 8.11. The number of nitrogens with two attached hydrogens (primary N) is 1. The molecule has 1 amide bonds. The van der Waals surface area contributed by atoms with Gasteiger partial charge in [0.15, 0.2) is 0 Å². The summed E-state index contributed by atoms with van der Waals surface area (Å²) in [5.74, 6) is -0.128. The molecule has 22 heavy (non-hydrogen) atoms. The molecule has 1 aliphatic heterocycles. The highest BCUT2D eigenvalue weighted by Gasteiger charge is 2.34. The van der Waals surface area contributed by atoms with E-state index in [0.717, 1.165) is 19.3 Å². The quantitative estimate of drug-likeness (QED) is 0.789. The van der Waals surface area contributed by atoms with Crippen LogP contribution in [-0.2, 0) is 14.8 Å². The number of nitrogens with one attached hydrogen (secondary N) is 1. The molecule has 9 heteroatoms. The molecule has 1 fully saturated rings.